The van der Waals surface area contributed by atoms with E-state index in [-0.39, 0.29) is 5.78 Å². The van der Waals surface area contributed by atoms with E-state index in [0.717, 1.165) is 32.1 Å². The van der Waals surface area contributed by atoms with Gasteiger partial charge in [0.25, 0.3) is 0 Å². The molecule has 3 rings (SSSR count). The topological polar surface area (TPSA) is 32.9 Å². The van der Waals surface area contributed by atoms with Gasteiger partial charge in [0.05, 0.1) is 11.2 Å². The van der Waals surface area contributed by atoms with Crippen LogP contribution in [0.4, 0.5) is 0 Å². The molecule has 0 aliphatic heterocycles. The number of nitrogens with one attached hydrogen (secondary N) is 1. The van der Waals surface area contributed by atoms with Crippen LogP contribution in [0.2, 0.25) is 0 Å². The minimum Gasteiger partial charge on any atom is -0.351 e. The van der Waals surface area contributed by atoms with Gasteiger partial charge in [-0.1, -0.05) is 15.9 Å². The Balaban J connectivity index is 2.45. The number of aromatic amines is 1. The first-order valence-corrected chi connectivity index (χ1v) is 7.07. The largest absolute Gasteiger partial charge is 0.351 e. The highest BCUT2D eigenvalue weighted by atomic mass is 127. The highest BCUT2D eigenvalue weighted by molar-refractivity contribution is 14.1. The quantitative estimate of drug-likeness (QED) is 0.677. The van der Waals surface area contributed by atoms with Crippen LogP contribution in [0, 0.1) is 3.57 Å². The average Bonchev–Trinajstić information content (AvgIpc) is 2.66. The normalized spacial score (nSPS) is 15.5. The fraction of sp³-hybridized carbons (Fsp3) is 0.250. The molecule has 0 atom stereocenters. The van der Waals surface area contributed by atoms with Gasteiger partial charge in [0.1, 0.15) is 0 Å². The Bertz CT molecular complexity index is 603. The van der Waals surface area contributed by atoms with Crippen molar-refractivity contribution in [1.29, 1.82) is 0 Å². The lowest BCUT2D eigenvalue weighted by molar-refractivity contribution is 0.0968. The van der Waals surface area contributed by atoms with Gasteiger partial charge in [-0.05, 0) is 53.1 Å². The van der Waals surface area contributed by atoms with Crippen molar-refractivity contribution in [3.8, 4) is 0 Å². The average molecular weight is 390 g/mol. The summed E-state index contributed by atoms with van der Waals surface area (Å²) in [5.41, 5.74) is 3.11. The molecule has 4 heteroatoms. The van der Waals surface area contributed by atoms with E-state index in [0.29, 0.717) is 6.42 Å². The zero-order chi connectivity index (χ0) is 11.3. The van der Waals surface area contributed by atoms with Gasteiger partial charge in [-0.15, -0.1) is 0 Å². The van der Waals surface area contributed by atoms with Gasteiger partial charge in [-0.25, -0.2) is 0 Å². The van der Waals surface area contributed by atoms with Crippen LogP contribution in [0.3, 0.4) is 0 Å². The van der Waals surface area contributed by atoms with Crippen molar-refractivity contribution >= 4 is 55.2 Å². The van der Waals surface area contributed by atoms with Crippen molar-refractivity contribution in [1.82, 2.24) is 4.98 Å². The van der Waals surface area contributed by atoms with Crippen LogP contribution in [0.25, 0.3) is 10.9 Å². The first kappa shape index (κ1) is 10.8. The van der Waals surface area contributed by atoms with E-state index in [4.69, 9.17) is 0 Å². The first-order valence-electron chi connectivity index (χ1n) is 5.20. The fourth-order valence-corrected chi connectivity index (χ4v) is 3.49. The molecule has 82 valence electrons. The Kier molecular flexibility index (Phi) is 2.58. The molecule has 0 fully saturated rings. The van der Waals surface area contributed by atoms with Gasteiger partial charge in [0.15, 0.2) is 5.78 Å². The molecule has 0 radical (unpaired) electrons. The Morgan fingerprint density at radius 2 is 2.12 bits per heavy atom. The van der Waals surface area contributed by atoms with Crippen LogP contribution < -0.4 is 0 Å². The van der Waals surface area contributed by atoms with Gasteiger partial charge in [0, 0.05) is 19.8 Å². The molecule has 1 aliphatic rings. The van der Waals surface area contributed by atoms with E-state index < -0.39 is 0 Å². The maximum Gasteiger partial charge on any atom is 0.179 e. The van der Waals surface area contributed by atoms with Crippen LogP contribution >= 0.6 is 38.5 Å². The van der Waals surface area contributed by atoms with Gasteiger partial charge in [-0.2, -0.15) is 0 Å². The standard InChI is InChI=1S/C12H9BrINO/c13-7-4-5-8(14)12-10(7)6-2-1-3-9(16)11(6)15-12/h4-5,15H,1-3H2. The molecule has 1 N–H and O–H groups in total. The molecule has 2 aromatic rings. The molecule has 0 unspecified atom stereocenters. The van der Waals surface area contributed by atoms with E-state index in [9.17, 15) is 4.79 Å². The van der Waals surface area contributed by atoms with Crippen molar-refractivity contribution in [3.63, 3.8) is 0 Å². The lowest BCUT2D eigenvalue weighted by Gasteiger charge is -2.09. The summed E-state index contributed by atoms with van der Waals surface area (Å²) in [6.45, 7) is 0. The molecule has 0 amide bonds. The molecule has 2 nitrogen and oxygen atoms in total. The highest BCUT2D eigenvalue weighted by Gasteiger charge is 2.23. The summed E-state index contributed by atoms with van der Waals surface area (Å²) >= 11 is 5.88. The third kappa shape index (κ3) is 1.46. The lowest BCUT2D eigenvalue weighted by Crippen LogP contribution is -2.09. The van der Waals surface area contributed by atoms with Crippen molar-refractivity contribution in [2.75, 3.05) is 0 Å². The number of carbonyl (C=O) groups is 1. The first-order chi connectivity index (χ1) is 7.68. The van der Waals surface area contributed by atoms with Gasteiger partial charge < -0.3 is 4.98 Å². The number of aromatic nitrogens is 1. The molecule has 16 heavy (non-hydrogen) atoms. The predicted octanol–water partition coefficient (Wildman–Crippen LogP) is 4.05. The lowest BCUT2D eigenvalue weighted by atomic mass is 9.95. The summed E-state index contributed by atoms with van der Waals surface area (Å²) in [5.74, 6) is 0.250. The second-order valence-electron chi connectivity index (χ2n) is 4.03. The Morgan fingerprint density at radius 3 is 2.94 bits per heavy atom. The van der Waals surface area contributed by atoms with Crippen LogP contribution in [-0.4, -0.2) is 10.8 Å². The second kappa shape index (κ2) is 3.84. The molecule has 1 heterocycles. The molecule has 1 aromatic heterocycles. The number of hydrogen-bond acceptors (Lipinski definition) is 1. The van der Waals surface area contributed by atoms with Crippen LogP contribution in [0.15, 0.2) is 16.6 Å². The molecule has 1 aliphatic carbocycles. The minimum absolute atomic E-state index is 0.250. The molecular weight excluding hydrogens is 381 g/mol. The summed E-state index contributed by atoms with van der Waals surface area (Å²) in [6.07, 6.45) is 2.64. The maximum atomic E-state index is 11.8. The van der Waals surface area contributed by atoms with Crippen LogP contribution in [0.1, 0.15) is 28.9 Å². The van der Waals surface area contributed by atoms with Crippen molar-refractivity contribution in [2.45, 2.75) is 19.3 Å². The highest BCUT2D eigenvalue weighted by Crippen LogP contribution is 2.35. The zero-order valence-electron chi connectivity index (χ0n) is 8.44. The fourth-order valence-electron chi connectivity index (χ4n) is 2.33. The number of rotatable bonds is 0. The summed E-state index contributed by atoms with van der Waals surface area (Å²) in [4.78, 5) is 15.1. The third-order valence-corrected chi connectivity index (χ3v) is 4.63. The van der Waals surface area contributed by atoms with Gasteiger partial charge in [-0.3, -0.25) is 4.79 Å². The van der Waals surface area contributed by atoms with E-state index in [1.54, 1.807) is 0 Å². The van der Waals surface area contributed by atoms with E-state index in [1.165, 1.54) is 10.9 Å². The van der Waals surface area contributed by atoms with Crippen molar-refractivity contribution < 1.29 is 4.79 Å². The van der Waals surface area contributed by atoms with E-state index in [2.05, 4.69) is 55.6 Å². The number of halogens is 2. The summed E-state index contributed by atoms with van der Waals surface area (Å²) < 4.78 is 2.24. The number of Topliss-reactive ketones (excluding diaryl/α,β-unsaturated/α-hetero) is 1. The monoisotopic (exact) mass is 389 g/mol. The minimum atomic E-state index is 0.250. The smallest absolute Gasteiger partial charge is 0.179 e. The SMILES string of the molecule is O=C1CCCc2c1[nH]c1c(I)ccc(Br)c21. The second-order valence-corrected chi connectivity index (χ2v) is 6.05. The summed E-state index contributed by atoms with van der Waals surface area (Å²) in [7, 11) is 0. The molecular formula is C12H9BrINO. The number of ketones is 1. The summed E-state index contributed by atoms with van der Waals surface area (Å²) in [6, 6.07) is 4.11. The number of aryl methyl sites for hydroxylation is 1. The van der Waals surface area contributed by atoms with Gasteiger partial charge in [0.2, 0.25) is 0 Å². The molecule has 0 saturated heterocycles. The number of H-pyrrole nitrogens is 1. The van der Waals surface area contributed by atoms with E-state index >= 15 is 0 Å². The Labute approximate surface area is 115 Å². The molecule has 0 bridgehead atoms. The maximum absolute atomic E-state index is 11.8. The van der Waals surface area contributed by atoms with E-state index in [1.807, 2.05) is 0 Å². The molecule has 0 spiro atoms. The number of benzene rings is 1. The number of carbonyl (C=O) groups excluding carboxylic acids is 1. The Hall–Kier alpha value is -0.360. The molecule has 0 saturated carbocycles. The third-order valence-electron chi connectivity index (χ3n) is 3.07. The summed E-state index contributed by atoms with van der Waals surface area (Å²) in [5, 5.41) is 1.19. The zero-order valence-corrected chi connectivity index (χ0v) is 12.2. The number of hydrogen-bond donors (Lipinski definition) is 1. The molecule has 1 aromatic carbocycles. The number of fused-ring (bicyclic) bond motifs is 3. The van der Waals surface area contributed by atoms with Crippen molar-refractivity contribution in [2.24, 2.45) is 0 Å². The van der Waals surface area contributed by atoms with Gasteiger partial charge >= 0.3 is 0 Å². The van der Waals surface area contributed by atoms with Crippen molar-refractivity contribution in [3.05, 3.63) is 31.4 Å². The van der Waals surface area contributed by atoms with Crippen LogP contribution in [0.5, 0.6) is 0 Å². The van der Waals surface area contributed by atoms with Crippen LogP contribution in [-0.2, 0) is 6.42 Å². The Morgan fingerprint density at radius 1 is 1.31 bits per heavy atom. The predicted molar refractivity (Wildman–Crippen MR) is 76.0 cm³/mol.